The summed E-state index contributed by atoms with van der Waals surface area (Å²) in [7, 11) is -4.66. The van der Waals surface area contributed by atoms with Gasteiger partial charge in [-0.1, -0.05) is 12.1 Å². The van der Waals surface area contributed by atoms with Crippen molar-refractivity contribution < 1.29 is 39.6 Å². The second-order valence-electron chi connectivity index (χ2n) is 5.24. The van der Waals surface area contributed by atoms with Gasteiger partial charge in [-0.2, -0.15) is 0 Å². The lowest BCUT2D eigenvalue weighted by molar-refractivity contribution is -0.113. The largest absolute Gasteiger partial charge is 0.365 e. The van der Waals surface area contributed by atoms with Gasteiger partial charge in [0.05, 0.1) is 11.3 Å². The van der Waals surface area contributed by atoms with Crippen LogP contribution >= 0.6 is 0 Å². The first-order valence-corrected chi connectivity index (χ1v) is 8.61. The normalized spacial score (nSPS) is 12.3. The van der Waals surface area contributed by atoms with Crippen LogP contribution in [-0.4, -0.2) is 14.3 Å². The highest BCUT2D eigenvalue weighted by Gasteiger charge is 2.29. The van der Waals surface area contributed by atoms with E-state index in [-0.39, 0.29) is 11.6 Å². The van der Waals surface area contributed by atoms with E-state index in [1.165, 1.54) is 0 Å². The molecule has 4 nitrogen and oxygen atoms in total. The molecule has 0 unspecified atom stereocenters. The van der Waals surface area contributed by atoms with Crippen molar-refractivity contribution in [2.45, 2.75) is 5.75 Å². The Labute approximate surface area is 148 Å². The van der Waals surface area contributed by atoms with Gasteiger partial charge in [-0.25, -0.2) is 34.8 Å². The fourth-order valence-electron chi connectivity index (χ4n) is 2.07. The number of hydrogen-bond donors (Lipinski definition) is 1. The van der Waals surface area contributed by atoms with Crippen LogP contribution in [0.1, 0.15) is 11.1 Å². The molecule has 0 spiro atoms. The Bertz CT molecular complexity index is 1020. The minimum atomic E-state index is -4.66. The number of amides is 1. The molecule has 0 bridgehead atoms. The van der Waals surface area contributed by atoms with Crippen molar-refractivity contribution in [3.05, 3.63) is 75.2 Å². The molecular weight excluding hydrogens is 400 g/mol. The summed E-state index contributed by atoms with van der Waals surface area (Å²) in [5, 5.41) is 0. The fourth-order valence-corrected chi connectivity index (χ4v) is 3.46. The van der Waals surface area contributed by atoms with Crippen LogP contribution in [0.2, 0.25) is 0 Å². The molecule has 27 heavy (non-hydrogen) atoms. The van der Waals surface area contributed by atoms with Gasteiger partial charge in [0, 0.05) is 0 Å². The van der Waals surface area contributed by atoms with Crippen LogP contribution in [0.3, 0.4) is 0 Å². The van der Waals surface area contributed by atoms with Crippen molar-refractivity contribution in [1.29, 1.82) is 0 Å². The monoisotopic (exact) mass is 409 g/mol. The van der Waals surface area contributed by atoms with E-state index >= 15 is 0 Å². The lowest BCUT2D eigenvalue weighted by Crippen LogP contribution is -2.22. The lowest BCUT2D eigenvalue weighted by atomic mass is 10.1. The zero-order valence-corrected chi connectivity index (χ0v) is 13.9. The van der Waals surface area contributed by atoms with Gasteiger partial charge < -0.3 is 5.73 Å². The number of carbonyl (C=O) groups is 1. The Morgan fingerprint density at radius 3 is 1.74 bits per heavy atom. The minimum absolute atomic E-state index is 0.0130. The zero-order chi connectivity index (χ0) is 20.5. The van der Waals surface area contributed by atoms with Gasteiger partial charge in [0.25, 0.3) is 5.91 Å². The molecule has 0 aliphatic carbocycles. The summed E-state index contributed by atoms with van der Waals surface area (Å²) in [6, 6.07) is 3.96. The van der Waals surface area contributed by atoms with E-state index in [0.717, 1.165) is 24.3 Å². The Balaban J connectivity index is 2.61. The molecule has 1 amide bonds. The summed E-state index contributed by atoms with van der Waals surface area (Å²) in [6.07, 6.45) is -0.0303. The summed E-state index contributed by atoms with van der Waals surface area (Å²) in [5.41, 5.74) is 3.25. The average Bonchev–Trinajstić information content (AvgIpc) is 2.59. The molecule has 0 aromatic heterocycles. The van der Waals surface area contributed by atoms with Crippen molar-refractivity contribution in [3.8, 4) is 0 Å². The van der Waals surface area contributed by atoms with Crippen molar-refractivity contribution >= 4 is 21.8 Å². The fraction of sp³-hybridized carbons (Fsp3) is 0.0625. The van der Waals surface area contributed by atoms with Crippen LogP contribution in [0.5, 0.6) is 0 Å². The molecular formula is C16H9F6NO3S. The van der Waals surface area contributed by atoms with Crippen LogP contribution in [0.15, 0.2) is 29.2 Å². The highest BCUT2D eigenvalue weighted by Crippen LogP contribution is 2.26. The number of nitrogens with two attached hydrogens (primary N) is 1. The molecule has 2 aromatic carbocycles. The molecule has 0 heterocycles. The first kappa shape index (κ1) is 20.5. The van der Waals surface area contributed by atoms with Crippen molar-refractivity contribution in [1.82, 2.24) is 0 Å². The van der Waals surface area contributed by atoms with Gasteiger partial charge in [-0.05, 0) is 23.8 Å². The second-order valence-corrected chi connectivity index (χ2v) is 7.20. The first-order valence-electron chi connectivity index (χ1n) is 6.96. The van der Waals surface area contributed by atoms with Gasteiger partial charge in [-0.15, -0.1) is 0 Å². The molecule has 0 aliphatic heterocycles. The van der Waals surface area contributed by atoms with Crippen LogP contribution < -0.4 is 5.73 Å². The molecule has 0 fully saturated rings. The molecule has 2 N–H and O–H groups in total. The van der Waals surface area contributed by atoms with E-state index in [1.54, 1.807) is 0 Å². The number of benzene rings is 2. The van der Waals surface area contributed by atoms with E-state index in [9.17, 15) is 39.6 Å². The number of primary amides is 1. The van der Waals surface area contributed by atoms with E-state index in [1.807, 2.05) is 0 Å². The van der Waals surface area contributed by atoms with Gasteiger partial charge in [0.1, 0.15) is 10.7 Å². The molecule has 11 heteroatoms. The van der Waals surface area contributed by atoms with E-state index < -0.39 is 66.9 Å². The second kappa shape index (κ2) is 7.43. The number of carbonyl (C=O) groups excluding carboxylic acids is 1. The predicted octanol–water partition coefficient (Wildman–Crippen LogP) is 2.96. The number of hydrogen-bond acceptors (Lipinski definition) is 3. The van der Waals surface area contributed by atoms with Gasteiger partial charge in [0.2, 0.25) is 5.82 Å². The smallest absolute Gasteiger partial charge is 0.260 e. The van der Waals surface area contributed by atoms with Crippen LogP contribution in [0, 0.1) is 34.9 Å². The average molecular weight is 409 g/mol. The van der Waals surface area contributed by atoms with Crippen molar-refractivity contribution in [3.63, 3.8) is 0 Å². The summed E-state index contributed by atoms with van der Waals surface area (Å²) >= 11 is 0. The highest BCUT2D eigenvalue weighted by molar-refractivity contribution is 7.95. The molecule has 0 atom stereocenters. The summed E-state index contributed by atoms with van der Waals surface area (Å²) < 4.78 is 105. The lowest BCUT2D eigenvalue weighted by Gasteiger charge is -2.09. The number of sulfone groups is 1. The topological polar surface area (TPSA) is 77.2 Å². The third-order valence-electron chi connectivity index (χ3n) is 3.37. The Hall–Kier alpha value is -2.82. The molecule has 2 rings (SSSR count). The quantitative estimate of drug-likeness (QED) is 0.357. The van der Waals surface area contributed by atoms with Crippen LogP contribution in [-0.2, 0) is 20.4 Å². The zero-order valence-electron chi connectivity index (χ0n) is 13.1. The Morgan fingerprint density at radius 1 is 0.852 bits per heavy atom. The molecule has 0 saturated heterocycles. The maximum atomic E-state index is 13.7. The minimum Gasteiger partial charge on any atom is -0.365 e. The molecule has 0 radical (unpaired) electrons. The van der Waals surface area contributed by atoms with Crippen LogP contribution in [0.25, 0.3) is 6.08 Å². The standard InChI is InChI=1S/C16H9F6NO3S/c17-8-3-1-7(2-4-8)6-27(25,26)10(16(23)24)5-9-11(18)13(20)15(22)14(21)12(9)19/h1-5H,6H2,(H2,23,24). The van der Waals surface area contributed by atoms with Crippen LogP contribution in [0.4, 0.5) is 26.3 Å². The summed E-state index contributed by atoms with van der Waals surface area (Å²) in [5.74, 6) is -15.0. The third-order valence-corrected chi connectivity index (χ3v) is 5.07. The van der Waals surface area contributed by atoms with E-state index in [0.29, 0.717) is 0 Å². The molecule has 2 aromatic rings. The Kier molecular flexibility index (Phi) is 5.64. The highest BCUT2D eigenvalue weighted by atomic mass is 32.2. The SMILES string of the molecule is NC(=O)C(=Cc1c(F)c(F)c(F)c(F)c1F)S(=O)(=O)Cc1ccc(F)cc1. The first-order chi connectivity index (χ1) is 12.5. The Morgan fingerprint density at radius 2 is 1.30 bits per heavy atom. The number of halogens is 6. The summed E-state index contributed by atoms with van der Waals surface area (Å²) in [6.45, 7) is 0. The van der Waals surface area contributed by atoms with Gasteiger partial charge in [0.15, 0.2) is 33.1 Å². The molecule has 144 valence electrons. The maximum Gasteiger partial charge on any atom is 0.260 e. The summed E-state index contributed by atoms with van der Waals surface area (Å²) in [4.78, 5) is 10.1. The maximum absolute atomic E-state index is 13.7. The van der Waals surface area contributed by atoms with Gasteiger partial charge >= 0.3 is 0 Å². The van der Waals surface area contributed by atoms with Crippen molar-refractivity contribution in [2.24, 2.45) is 5.73 Å². The number of rotatable bonds is 5. The van der Waals surface area contributed by atoms with Crippen molar-refractivity contribution in [2.75, 3.05) is 0 Å². The molecule has 0 aliphatic rings. The predicted molar refractivity (Wildman–Crippen MR) is 82.4 cm³/mol. The van der Waals surface area contributed by atoms with Gasteiger partial charge in [-0.3, -0.25) is 4.79 Å². The molecule has 0 saturated carbocycles. The van der Waals surface area contributed by atoms with E-state index in [2.05, 4.69) is 0 Å². The van der Waals surface area contributed by atoms with E-state index in [4.69, 9.17) is 5.73 Å². The third kappa shape index (κ3) is 4.13.